The van der Waals surface area contributed by atoms with E-state index in [0.717, 1.165) is 37.8 Å². The number of aliphatic hydroxyl groups excluding tert-OH is 1. The van der Waals surface area contributed by atoms with Crippen LogP contribution in [0.1, 0.15) is 71.4 Å². The Morgan fingerprint density at radius 2 is 1.51 bits per heavy atom. The summed E-state index contributed by atoms with van der Waals surface area (Å²) in [5.74, 6) is -3.02. The number of Topliss-reactive ketones (excluding diaryl/α,β-unsaturated/α-hetero) is 2. The molecule has 0 spiro atoms. The lowest BCUT2D eigenvalue weighted by molar-refractivity contribution is 0.0750. The summed E-state index contributed by atoms with van der Waals surface area (Å²) < 4.78 is 5.79. The maximum Gasteiger partial charge on any atom is 0.177 e. The minimum atomic E-state index is -1.19. The monoisotopic (exact) mass is 552 g/mol. The van der Waals surface area contributed by atoms with E-state index in [-0.39, 0.29) is 28.3 Å². The molecule has 3 aromatic rings. The van der Waals surface area contributed by atoms with Crippen LogP contribution in [0.25, 0.3) is 5.57 Å². The van der Waals surface area contributed by atoms with E-state index in [2.05, 4.69) is 19.2 Å². The lowest BCUT2D eigenvalue weighted by atomic mass is 9.67. The van der Waals surface area contributed by atoms with E-state index in [1.165, 1.54) is 17.7 Å². The number of nitrogens with two attached hydrogens (primary N) is 1. The zero-order chi connectivity index (χ0) is 29.1. The topological polar surface area (TPSA) is 122 Å². The predicted molar refractivity (Wildman–Crippen MR) is 161 cm³/mol. The number of ketones is 2. The lowest BCUT2D eigenvalue weighted by Gasteiger charge is -2.36. The van der Waals surface area contributed by atoms with Gasteiger partial charge in [-0.25, -0.2) is 0 Å². The van der Waals surface area contributed by atoms with Gasteiger partial charge in [0.2, 0.25) is 0 Å². The summed E-state index contributed by atoms with van der Waals surface area (Å²) >= 11 is 0. The van der Waals surface area contributed by atoms with Crippen molar-refractivity contribution < 1.29 is 24.5 Å². The van der Waals surface area contributed by atoms with Gasteiger partial charge in [0.25, 0.3) is 0 Å². The van der Waals surface area contributed by atoms with Gasteiger partial charge in [-0.1, -0.05) is 51.0 Å². The van der Waals surface area contributed by atoms with Crippen molar-refractivity contribution in [2.45, 2.75) is 46.0 Å². The fourth-order valence-electron chi connectivity index (χ4n) is 5.54. The number of allylic oxidation sites excluding steroid dienone is 4. The Bertz CT molecular complexity index is 1520. The van der Waals surface area contributed by atoms with Crippen LogP contribution in [0.5, 0.6) is 11.5 Å². The third-order valence-corrected chi connectivity index (χ3v) is 7.81. The van der Waals surface area contributed by atoms with Crippen molar-refractivity contribution in [3.05, 3.63) is 100 Å². The summed E-state index contributed by atoms with van der Waals surface area (Å²) in [6.07, 6.45) is 6.88. The summed E-state index contributed by atoms with van der Waals surface area (Å²) in [5.41, 5.74) is 9.57. The predicted octanol–water partition coefficient (Wildman–Crippen LogP) is 7.09. The Hall–Kier alpha value is -4.52. The van der Waals surface area contributed by atoms with Crippen molar-refractivity contribution in [2.75, 3.05) is 17.7 Å². The summed E-state index contributed by atoms with van der Waals surface area (Å²) in [4.78, 5) is 27.8. The minimum absolute atomic E-state index is 0.0525. The van der Waals surface area contributed by atoms with Gasteiger partial charge in [-0.3, -0.25) is 9.59 Å². The highest BCUT2D eigenvalue weighted by Crippen LogP contribution is 2.47. The average Bonchev–Trinajstić information content (AvgIpc) is 2.98. The van der Waals surface area contributed by atoms with Crippen LogP contribution in [0.3, 0.4) is 0 Å². The van der Waals surface area contributed by atoms with Crippen molar-refractivity contribution >= 4 is 28.5 Å². The molecule has 0 saturated heterocycles. The molecule has 0 fully saturated rings. The fraction of sp³-hybridized carbons (Fsp3) is 0.294. The van der Waals surface area contributed by atoms with E-state index >= 15 is 0 Å². The largest absolute Gasteiger partial charge is 0.511 e. The van der Waals surface area contributed by atoms with E-state index in [0.29, 0.717) is 29.2 Å². The van der Waals surface area contributed by atoms with E-state index in [1.54, 1.807) is 6.08 Å². The van der Waals surface area contributed by atoms with Crippen LogP contribution in [0, 0.1) is 11.8 Å². The number of unbranched alkanes of at least 4 members (excludes halogenated alkanes) is 2. The van der Waals surface area contributed by atoms with Crippen LogP contribution in [-0.2, 0) is 6.42 Å². The number of hydrogen-bond acceptors (Lipinski definition) is 7. The number of carbonyl (C=O) groups is 2. The second-order valence-corrected chi connectivity index (χ2v) is 10.7. The molecule has 5 rings (SSSR count). The number of anilines is 2. The molecule has 0 amide bonds. The highest BCUT2D eigenvalue weighted by atomic mass is 16.5. The zero-order valence-corrected chi connectivity index (χ0v) is 23.4. The molecule has 0 heterocycles. The van der Waals surface area contributed by atoms with Crippen LogP contribution in [-0.4, -0.2) is 28.4 Å². The number of hydrogen-bond donors (Lipinski definition) is 4. The molecule has 212 valence electrons. The maximum absolute atomic E-state index is 13.9. The molecule has 0 aliphatic heterocycles. The molecule has 2 aliphatic rings. The normalized spacial score (nSPS) is 18.0. The summed E-state index contributed by atoms with van der Waals surface area (Å²) in [5, 5.41) is 25.5. The summed E-state index contributed by atoms with van der Waals surface area (Å²) in [6.45, 7) is 4.87. The molecule has 0 saturated carbocycles. The maximum atomic E-state index is 13.9. The van der Waals surface area contributed by atoms with E-state index in [9.17, 15) is 19.8 Å². The number of carbonyl (C=O) groups excluding carboxylic acids is 2. The van der Waals surface area contributed by atoms with Crippen molar-refractivity contribution in [1.29, 1.82) is 0 Å². The van der Waals surface area contributed by atoms with Gasteiger partial charge in [0.1, 0.15) is 17.3 Å². The smallest absolute Gasteiger partial charge is 0.177 e. The first-order valence-corrected chi connectivity index (χ1v) is 14.3. The number of aromatic hydroxyl groups is 1. The molecular weight excluding hydrogens is 516 g/mol. The number of phenolic OH excluding ortho intramolecular Hbond substituents is 1. The van der Waals surface area contributed by atoms with E-state index < -0.39 is 23.4 Å². The third-order valence-electron chi connectivity index (χ3n) is 7.81. The molecule has 2 atom stereocenters. The first-order valence-electron chi connectivity index (χ1n) is 14.3. The fourth-order valence-corrected chi connectivity index (χ4v) is 5.54. The van der Waals surface area contributed by atoms with Gasteiger partial charge in [0.05, 0.1) is 29.6 Å². The van der Waals surface area contributed by atoms with Gasteiger partial charge >= 0.3 is 0 Å². The number of aliphatic hydroxyl groups is 1. The molecule has 3 aromatic carbocycles. The van der Waals surface area contributed by atoms with Crippen LogP contribution in [0.4, 0.5) is 11.4 Å². The number of nitrogens with one attached hydrogen (secondary N) is 1. The molecule has 0 unspecified atom stereocenters. The molecule has 5 N–H and O–H groups in total. The molecular formula is C34H36N2O5. The Kier molecular flexibility index (Phi) is 8.15. The zero-order valence-electron chi connectivity index (χ0n) is 23.4. The Labute approximate surface area is 240 Å². The van der Waals surface area contributed by atoms with Crippen molar-refractivity contribution in [3.8, 4) is 11.5 Å². The number of nitrogen functional groups attached to an aromatic ring is 1. The van der Waals surface area contributed by atoms with Gasteiger partial charge in [-0.2, -0.15) is 0 Å². The number of aryl methyl sites for hydroxylation is 1. The van der Waals surface area contributed by atoms with Gasteiger partial charge in [0.15, 0.2) is 11.6 Å². The minimum Gasteiger partial charge on any atom is -0.511 e. The Morgan fingerprint density at radius 3 is 2.20 bits per heavy atom. The lowest BCUT2D eigenvalue weighted by Crippen LogP contribution is -2.42. The Balaban J connectivity index is 1.57. The van der Waals surface area contributed by atoms with E-state index in [4.69, 9.17) is 10.5 Å². The van der Waals surface area contributed by atoms with Crippen LogP contribution in [0.15, 0.2) is 78.2 Å². The third kappa shape index (κ3) is 5.44. The number of benzene rings is 3. The quantitative estimate of drug-likeness (QED) is 0.120. The molecule has 0 radical (unpaired) electrons. The average molecular weight is 553 g/mol. The molecule has 7 heteroatoms. The standard InChI is InChI=1S/C34H36N2O5/c1-3-5-7-20-8-12-22(13-9-20)36-26-19-24(21-10-14-23(15-11-21)41-18-6-4-2)32(38)31-29(26)34(40)30-27(37)17-16-25(35)28(30)33(31)39/h8-17,19,29,31,36-38H,3-7,18,35H2,1-2H3/t29-,31-/m0/s1. The molecule has 7 nitrogen and oxygen atoms in total. The molecule has 0 aromatic heterocycles. The van der Waals surface area contributed by atoms with Crippen LogP contribution < -0.4 is 15.8 Å². The first kappa shape index (κ1) is 28.0. The van der Waals surface area contributed by atoms with Gasteiger partial charge < -0.3 is 26.0 Å². The van der Waals surface area contributed by atoms with Gasteiger partial charge in [0, 0.05) is 22.6 Å². The van der Waals surface area contributed by atoms with Crippen molar-refractivity contribution in [1.82, 2.24) is 0 Å². The highest BCUT2D eigenvalue weighted by Gasteiger charge is 2.50. The van der Waals surface area contributed by atoms with Crippen molar-refractivity contribution in [2.24, 2.45) is 11.8 Å². The highest BCUT2D eigenvalue weighted by molar-refractivity contribution is 6.22. The SMILES string of the molecule is CCCCOc1ccc(C2=C(O)[C@H]3C(=O)c4c(N)ccc(O)c4C(=O)[C@H]3C(Nc3ccc(CCCC)cc3)=C2)cc1. The number of rotatable bonds is 10. The summed E-state index contributed by atoms with van der Waals surface area (Å²) in [6, 6.07) is 18.0. The van der Waals surface area contributed by atoms with Crippen LogP contribution >= 0.6 is 0 Å². The molecule has 41 heavy (non-hydrogen) atoms. The second kappa shape index (κ2) is 11.9. The Morgan fingerprint density at radius 1 is 0.829 bits per heavy atom. The van der Waals surface area contributed by atoms with E-state index in [1.807, 2.05) is 48.5 Å². The van der Waals surface area contributed by atoms with Gasteiger partial charge in [-0.05, 0) is 72.9 Å². The van der Waals surface area contributed by atoms with Gasteiger partial charge in [-0.15, -0.1) is 0 Å². The molecule has 0 bridgehead atoms. The van der Waals surface area contributed by atoms with Crippen molar-refractivity contribution in [3.63, 3.8) is 0 Å². The number of fused-ring (bicyclic) bond motifs is 2. The second-order valence-electron chi connectivity index (χ2n) is 10.7. The summed E-state index contributed by atoms with van der Waals surface area (Å²) in [7, 11) is 0. The van der Waals surface area contributed by atoms with Crippen LogP contribution in [0.2, 0.25) is 0 Å². The number of ether oxygens (including phenoxy) is 1. The number of phenols is 1. The first-order chi connectivity index (χ1) is 19.8. The molecule has 2 aliphatic carbocycles.